The number of hydrogen-bond acceptors (Lipinski definition) is 4. The zero-order valence-corrected chi connectivity index (χ0v) is 15.6. The lowest BCUT2D eigenvalue weighted by Crippen LogP contribution is -2.18. The van der Waals surface area contributed by atoms with Crippen LogP contribution in [-0.2, 0) is 26.1 Å². The molecule has 0 aromatic heterocycles. The topological polar surface area (TPSA) is 69.6 Å². The molecule has 0 radical (unpaired) electrons. The third kappa shape index (κ3) is 5.95. The van der Waals surface area contributed by atoms with Crippen molar-refractivity contribution in [3.8, 4) is 5.75 Å². The Labute approximate surface area is 141 Å². The highest BCUT2D eigenvalue weighted by atomic mass is 31.2. The van der Waals surface area contributed by atoms with E-state index in [1.807, 2.05) is 41.5 Å². The Morgan fingerprint density at radius 1 is 1.09 bits per heavy atom. The molecule has 23 heavy (non-hydrogen) atoms. The minimum absolute atomic E-state index is 0. The third-order valence-electron chi connectivity index (χ3n) is 3.49. The van der Waals surface area contributed by atoms with Crippen LogP contribution in [0, 0.1) is 0 Å². The van der Waals surface area contributed by atoms with Gasteiger partial charge in [0.15, 0.2) is 0 Å². The first-order valence-electron chi connectivity index (χ1n) is 7.59. The zero-order valence-electron chi connectivity index (χ0n) is 14.7. The van der Waals surface area contributed by atoms with Gasteiger partial charge in [-0.3, -0.25) is 0 Å². The number of phenols is 1. The van der Waals surface area contributed by atoms with Crippen LogP contribution in [0.3, 0.4) is 0 Å². The van der Waals surface area contributed by atoms with Crippen LogP contribution in [0.25, 0.3) is 0 Å². The molecular weight excluding hydrogens is 311 g/mol. The molecule has 0 saturated heterocycles. The van der Waals surface area contributed by atoms with Crippen LogP contribution in [0.1, 0.15) is 72.6 Å². The molecule has 0 amide bonds. The van der Waals surface area contributed by atoms with Crippen molar-refractivity contribution in [3.63, 3.8) is 0 Å². The fraction of sp³-hybridized carbons (Fsp3) is 0.667. The van der Waals surface area contributed by atoms with E-state index in [4.69, 9.17) is 4.52 Å². The summed E-state index contributed by atoms with van der Waals surface area (Å²) in [6, 6.07) is 3.54. The Morgan fingerprint density at radius 3 is 1.78 bits per heavy atom. The average molecular weight is 343 g/mol. The van der Waals surface area contributed by atoms with Gasteiger partial charge in [0, 0.05) is 6.16 Å². The Hall–Kier alpha value is -0.830. The van der Waals surface area contributed by atoms with Gasteiger partial charge in [-0.25, -0.2) is 0 Å². The number of benzene rings is 1. The van der Waals surface area contributed by atoms with Crippen molar-refractivity contribution < 1.29 is 19.1 Å². The predicted molar refractivity (Wildman–Crippen MR) is 95.2 cm³/mol. The molecule has 0 aliphatic rings. The van der Waals surface area contributed by atoms with E-state index in [2.05, 4.69) is 0 Å². The Bertz CT molecular complexity index is 545. The van der Waals surface area contributed by atoms with Gasteiger partial charge in [0.25, 0.3) is 0 Å². The summed E-state index contributed by atoms with van der Waals surface area (Å²) in [5, 5.41) is 10.6. The minimum atomic E-state index is -3.91. The first kappa shape index (κ1) is 22.2. The maximum atomic E-state index is 11.9. The van der Waals surface area contributed by atoms with Crippen LogP contribution in [0.4, 0.5) is 0 Å². The molecule has 0 spiro atoms. The number of rotatable bonds is 4. The smallest absolute Gasteiger partial charge is 0.139 e. The van der Waals surface area contributed by atoms with Crippen molar-refractivity contribution in [1.82, 2.24) is 0 Å². The first-order valence-corrected chi connectivity index (χ1v) is 9.32. The van der Waals surface area contributed by atoms with Gasteiger partial charge < -0.3 is 19.1 Å². The van der Waals surface area contributed by atoms with Crippen LogP contribution < -0.4 is 4.89 Å². The Morgan fingerprint density at radius 2 is 1.48 bits per heavy atom. The summed E-state index contributed by atoms with van der Waals surface area (Å²) in [6.45, 7) is 13.8. The largest absolute Gasteiger partial charge is 0.778 e. The molecular formula is C18H32O4P-. The van der Waals surface area contributed by atoms with Gasteiger partial charge in [0.1, 0.15) is 13.3 Å². The van der Waals surface area contributed by atoms with E-state index in [9.17, 15) is 14.6 Å². The average Bonchev–Trinajstić information content (AvgIpc) is 2.27. The van der Waals surface area contributed by atoms with Gasteiger partial charge in [0.2, 0.25) is 0 Å². The second-order valence-corrected chi connectivity index (χ2v) is 9.52. The second-order valence-electron chi connectivity index (χ2n) is 7.73. The van der Waals surface area contributed by atoms with E-state index in [0.717, 1.165) is 11.1 Å². The van der Waals surface area contributed by atoms with Crippen molar-refractivity contribution >= 4 is 7.60 Å². The highest BCUT2D eigenvalue weighted by Crippen LogP contribution is 2.45. The highest BCUT2D eigenvalue weighted by molar-refractivity contribution is 7.50. The molecule has 1 aromatic carbocycles. The summed E-state index contributed by atoms with van der Waals surface area (Å²) in [5.74, 6) is 0.251. The SMILES string of the molecule is C.CCOP(=O)([O-])Cc1cc(C(C)(C)C)c(O)c(C(C)(C)C)c1. The van der Waals surface area contributed by atoms with Crippen LogP contribution in [0.15, 0.2) is 12.1 Å². The zero-order chi connectivity index (χ0) is 17.3. The summed E-state index contributed by atoms with van der Waals surface area (Å²) >= 11 is 0. The third-order valence-corrected chi connectivity index (χ3v) is 4.89. The van der Waals surface area contributed by atoms with Gasteiger partial charge in [0.05, 0.1) is 6.61 Å². The molecule has 0 aliphatic carbocycles. The van der Waals surface area contributed by atoms with Crippen LogP contribution in [0.2, 0.25) is 0 Å². The van der Waals surface area contributed by atoms with E-state index < -0.39 is 7.60 Å². The van der Waals surface area contributed by atoms with E-state index in [1.165, 1.54) is 0 Å². The molecule has 1 atom stereocenters. The van der Waals surface area contributed by atoms with Crippen molar-refractivity contribution in [2.75, 3.05) is 6.61 Å². The number of hydrogen-bond donors (Lipinski definition) is 1. The Kier molecular flexibility index (Phi) is 7.11. The van der Waals surface area contributed by atoms with Crippen molar-refractivity contribution in [2.45, 2.75) is 72.9 Å². The summed E-state index contributed by atoms with van der Waals surface area (Å²) in [6.07, 6.45) is -0.159. The lowest BCUT2D eigenvalue weighted by Gasteiger charge is -2.29. The molecule has 1 N–H and O–H groups in total. The lowest BCUT2D eigenvalue weighted by atomic mass is 9.78. The van der Waals surface area contributed by atoms with Crippen molar-refractivity contribution in [1.29, 1.82) is 0 Å². The van der Waals surface area contributed by atoms with Crippen LogP contribution in [-0.4, -0.2) is 11.7 Å². The van der Waals surface area contributed by atoms with Crippen molar-refractivity contribution in [2.24, 2.45) is 0 Å². The predicted octanol–water partition coefficient (Wildman–Crippen LogP) is 4.71. The molecule has 0 aliphatic heterocycles. The normalized spacial score (nSPS) is 15.0. The fourth-order valence-corrected chi connectivity index (χ4v) is 3.51. The highest BCUT2D eigenvalue weighted by Gasteiger charge is 2.27. The van der Waals surface area contributed by atoms with Crippen LogP contribution >= 0.6 is 7.60 Å². The van der Waals surface area contributed by atoms with E-state index >= 15 is 0 Å². The number of aromatic hydroxyl groups is 1. The Balaban J connectivity index is 0.00000484. The molecule has 5 heteroatoms. The molecule has 0 heterocycles. The summed E-state index contributed by atoms with van der Waals surface area (Å²) in [4.78, 5) is 11.9. The second kappa shape index (κ2) is 7.38. The first-order chi connectivity index (χ1) is 9.78. The van der Waals surface area contributed by atoms with Gasteiger partial charge in [-0.05, 0) is 34.4 Å². The maximum absolute atomic E-state index is 11.9. The molecule has 0 saturated carbocycles. The molecule has 4 nitrogen and oxygen atoms in total. The lowest BCUT2D eigenvalue weighted by molar-refractivity contribution is -0.198. The quantitative estimate of drug-likeness (QED) is 0.804. The standard InChI is InChI=1S/C17H29O4P.CH4/c1-8-21-22(19,20)11-12-9-13(16(2,3)4)15(18)14(10-12)17(5,6)7;/h9-10,18H,8,11H2,1-7H3,(H,19,20);1H4/p-1. The number of phenolic OH excluding ortho intramolecular Hbond substituents is 1. The van der Waals surface area contributed by atoms with Gasteiger partial charge in [-0.2, -0.15) is 0 Å². The molecule has 1 aromatic rings. The minimum Gasteiger partial charge on any atom is -0.778 e. The van der Waals surface area contributed by atoms with Crippen molar-refractivity contribution in [3.05, 3.63) is 28.8 Å². The summed E-state index contributed by atoms with van der Waals surface area (Å²) in [5.41, 5.74) is 1.61. The van der Waals surface area contributed by atoms with Gasteiger partial charge in [-0.15, -0.1) is 0 Å². The monoisotopic (exact) mass is 343 g/mol. The molecule has 0 fully saturated rings. The molecule has 0 bridgehead atoms. The van der Waals surface area contributed by atoms with E-state index in [1.54, 1.807) is 19.1 Å². The van der Waals surface area contributed by atoms with E-state index in [-0.39, 0.29) is 36.8 Å². The molecule has 1 rings (SSSR count). The summed E-state index contributed by atoms with van der Waals surface area (Å²) < 4.78 is 16.8. The van der Waals surface area contributed by atoms with Gasteiger partial charge >= 0.3 is 0 Å². The molecule has 1 unspecified atom stereocenters. The van der Waals surface area contributed by atoms with Crippen LogP contribution in [0.5, 0.6) is 5.75 Å². The van der Waals surface area contributed by atoms with Gasteiger partial charge in [-0.1, -0.05) is 61.1 Å². The molecule has 134 valence electrons. The maximum Gasteiger partial charge on any atom is 0.139 e. The summed E-state index contributed by atoms with van der Waals surface area (Å²) in [7, 11) is -3.91. The van der Waals surface area contributed by atoms with E-state index in [0.29, 0.717) is 5.56 Å². The fourth-order valence-electron chi connectivity index (χ4n) is 2.39.